The molecule has 0 radical (unpaired) electrons. The Bertz CT molecular complexity index is 1530. The molecule has 33 heavy (non-hydrogen) atoms. The lowest BCUT2D eigenvalue weighted by Gasteiger charge is -2.12. The van der Waals surface area contributed by atoms with Gasteiger partial charge in [0.05, 0.1) is 10.6 Å². The summed E-state index contributed by atoms with van der Waals surface area (Å²) >= 11 is 0. The van der Waals surface area contributed by atoms with E-state index in [-0.39, 0.29) is 0 Å². The van der Waals surface area contributed by atoms with Crippen molar-refractivity contribution in [2.75, 3.05) is 4.72 Å². The molecule has 3 heterocycles. The summed E-state index contributed by atoms with van der Waals surface area (Å²) in [7, 11) is -3.68. The van der Waals surface area contributed by atoms with Gasteiger partial charge in [0.15, 0.2) is 11.5 Å². The molecule has 0 unspecified atom stereocenters. The maximum absolute atomic E-state index is 12.9. The van der Waals surface area contributed by atoms with Gasteiger partial charge >= 0.3 is 0 Å². The molecule has 9 heteroatoms. The number of pyridine rings is 1. The second-order valence-corrected chi connectivity index (χ2v) is 9.05. The predicted octanol–water partition coefficient (Wildman–Crippen LogP) is 4.22. The molecule has 0 spiro atoms. The maximum atomic E-state index is 12.9. The van der Waals surface area contributed by atoms with Crippen molar-refractivity contribution >= 4 is 21.4 Å². The van der Waals surface area contributed by atoms with Crippen molar-refractivity contribution in [3.63, 3.8) is 0 Å². The van der Waals surface area contributed by atoms with E-state index in [1.807, 2.05) is 55.5 Å². The van der Waals surface area contributed by atoms with Gasteiger partial charge in [-0.2, -0.15) is 9.61 Å². The van der Waals surface area contributed by atoms with Gasteiger partial charge in [-0.1, -0.05) is 37.3 Å². The van der Waals surface area contributed by atoms with Crippen LogP contribution in [0.1, 0.15) is 12.5 Å². The van der Waals surface area contributed by atoms with Crippen molar-refractivity contribution < 1.29 is 8.42 Å². The second-order valence-electron chi connectivity index (χ2n) is 7.40. The number of benzene rings is 2. The first-order valence-electron chi connectivity index (χ1n) is 10.4. The highest BCUT2D eigenvalue weighted by atomic mass is 32.2. The van der Waals surface area contributed by atoms with Crippen molar-refractivity contribution in [2.45, 2.75) is 18.2 Å². The summed E-state index contributed by atoms with van der Waals surface area (Å²) < 4.78 is 30.1. The van der Waals surface area contributed by atoms with E-state index in [9.17, 15) is 8.42 Å². The fourth-order valence-corrected chi connectivity index (χ4v) is 4.97. The van der Waals surface area contributed by atoms with Crippen molar-refractivity contribution in [3.05, 3.63) is 90.8 Å². The van der Waals surface area contributed by atoms with Crippen LogP contribution in [0.3, 0.4) is 0 Å². The van der Waals surface area contributed by atoms with E-state index in [4.69, 9.17) is 0 Å². The van der Waals surface area contributed by atoms with Gasteiger partial charge in [-0.25, -0.2) is 8.42 Å². The van der Waals surface area contributed by atoms with E-state index in [0.29, 0.717) is 34.2 Å². The molecule has 5 aromatic rings. The Hall–Kier alpha value is -4.11. The van der Waals surface area contributed by atoms with Crippen LogP contribution in [-0.2, 0) is 16.4 Å². The number of rotatable bonds is 6. The lowest BCUT2D eigenvalue weighted by Crippen LogP contribution is -2.14. The summed E-state index contributed by atoms with van der Waals surface area (Å²) in [5.74, 6) is 0.596. The van der Waals surface area contributed by atoms with Crippen LogP contribution in [0.4, 0.5) is 5.69 Å². The van der Waals surface area contributed by atoms with Crippen LogP contribution in [0.2, 0.25) is 0 Å². The molecule has 1 N–H and O–H groups in total. The topological polar surface area (TPSA) is 102 Å². The van der Waals surface area contributed by atoms with Gasteiger partial charge in [-0.3, -0.25) is 9.71 Å². The molecular weight excluding hydrogens is 436 g/mol. The Labute approximate surface area is 191 Å². The van der Waals surface area contributed by atoms with Gasteiger partial charge in [0, 0.05) is 29.2 Å². The first-order chi connectivity index (χ1) is 16.0. The quantitative estimate of drug-likeness (QED) is 0.411. The van der Waals surface area contributed by atoms with Crippen LogP contribution in [-0.4, -0.2) is 33.2 Å². The van der Waals surface area contributed by atoms with Gasteiger partial charge in [-0.05, 0) is 54.4 Å². The average Bonchev–Trinajstić information content (AvgIpc) is 3.28. The van der Waals surface area contributed by atoms with Crippen LogP contribution >= 0.6 is 0 Å². The zero-order chi connectivity index (χ0) is 22.8. The molecule has 2 aromatic carbocycles. The molecule has 5 rings (SSSR count). The van der Waals surface area contributed by atoms with E-state index in [1.165, 1.54) is 0 Å². The monoisotopic (exact) mass is 456 g/mol. The van der Waals surface area contributed by atoms with Gasteiger partial charge in [0.2, 0.25) is 0 Å². The zero-order valence-electron chi connectivity index (χ0n) is 17.8. The van der Waals surface area contributed by atoms with Crippen molar-refractivity contribution in [1.29, 1.82) is 0 Å². The Morgan fingerprint density at radius 2 is 1.70 bits per heavy atom. The summed E-state index contributed by atoms with van der Waals surface area (Å²) in [5.41, 5.74) is 4.23. The molecule has 164 valence electrons. The Balaban J connectivity index is 1.44. The first-order valence-corrected chi connectivity index (χ1v) is 11.9. The Morgan fingerprint density at radius 3 is 2.45 bits per heavy atom. The number of hydrogen-bond donors (Lipinski definition) is 1. The minimum atomic E-state index is -3.68. The molecule has 0 bridgehead atoms. The fourth-order valence-electron chi connectivity index (χ4n) is 3.60. The smallest absolute Gasteiger partial charge is 0.262 e. The molecular formula is C24H20N6O2S. The summed E-state index contributed by atoms with van der Waals surface area (Å²) in [4.78, 5) is 4.43. The van der Waals surface area contributed by atoms with Crippen LogP contribution in [0.5, 0.6) is 0 Å². The van der Waals surface area contributed by atoms with E-state index >= 15 is 0 Å². The molecule has 0 atom stereocenters. The molecule has 3 aromatic heterocycles. The number of anilines is 1. The number of sulfonamides is 1. The normalized spacial score (nSPS) is 11.5. The van der Waals surface area contributed by atoms with Crippen molar-refractivity contribution in [3.8, 4) is 22.6 Å². The van der Waals surface area contributed by atoms with Gasteiger partial charge in [-0.15, -0.1) is 10.2 Å². The highest BCUT2D eigenvalue weighted by Gasteiger charge is 2.17. The summed E-state index contributed by atoms with van der Waals surface area (Å²) in [5, 5.41) is 13.1. The molecule has 0 aliphatic heterocycles. The first kappa shape index (κ1) is 20.8. The van der Waals surface area contributed by atoms with Crippen molar-refractivity contribution in [2.24, 2.45) is 0 Å². The largest absolute Gasteiger partial charge is 0.280 e. The van der Waals surface area contributed by atoms with Crippen molar-refractivity contribution in [1.82, 2.24) is 24.8 Å². The lowest BCUT2D eigenvalue weighted by atomic mass is 10.1. The number of fused-ring (bicyclic) bond motifs is 1. The van der Waals surface area contributed by atoms with Crippen LogP contribution in [0.25, 0.3) is 28.3 Å². The van der Waals surface area contributed by atoms with E-state index in [2.05, 4.69) is 25.0 Å². The molecule has 0 saturated carbocycles. The third kappa shape index (κ3) is 4.06. The minimum absolute atomic E-state index is 0.291. The molecule has 0 saturated heterocycles. The number of nitrogens with one attached hydrogen (secondary N) is 1. The van der Waals surface area contributed by atoms with Crippen LogP contribution in [0, 0.1) is 0 Å². The molecule has 0 aliphatic rings. The molecule has 0 amide bonds. The average molecular weight is 457 g/mol. The van der Waals surface area contributed by atoms with Gasteiger partial charge in [0.25, 0.3) is 10.0 Å². The zero-order valence-corrected chi connectivity index (χ0v) is 18.6. The fraction of sp³-hybridized carbons (Fsp3) is 0.0833. The number of nitrogens with zero attached hydrogens (tertiary/aromatic N) is 5. The SMILES string of the molecule is CCc1ccccc1S(=O)(=O)Nc1ccc(-c2ccc3nnc(-c4cccnc4)n3n2)cc1. The molecule has 0 fully saturated rings. The van der Waals surface area contributed by atoms with E-state index in [1.54, 1.807) is 41.2 Å². The van der Waals surface area contributed by atoms with Gasteiger partial charge < -0.3 is 0 Å². The van der Waals surface area contributed by atoms with Crippen LogP contribution < -0.4 is 4.72 Å². The number of aryl methyl sites for hydroxylation is 1. The third-order valence-electron chi connectivity index (χ3n) is 5.26. The summed E-state index contributed by atoms with van der Waals surface area (Å²) in [6.45, 7) is 1.93. The highest BCUT2D eigenvalue weighted by Crippen LogP contribution is 2.24. The number of hydrogen-bond acceptors (Lipinski definition) is 6. The highest BCUT2D eigenvalue weighted by molar-refractivity contribution is 7.92. The minimum Gasteiger partial charge on any atom is -0.280 e. The maximum Gasteiger partial charge on any atom is 0.262 e. The lowest BCUT2D eigenvalue weighted by molar-refractivity contribution is 0.600. The Kier molecular flexibility index (Phi) is 5.31. The standard InChI is InChI=1S/C24H20N6O2S/c1-2-17-6-3-4-8-22(17)33(31,32)29-20-11-9-18(10-12-20)21-13-14-23-26-27-24(30(23)28-21)19-7-5-15-25-16-19/h3-16,29H,2H2,1H3. The van der Waals surface area contributed by atoms with Gasteiger partial charge in [0.1, 0.15) is 0 Å². The summed E-state index contributed by atoms with van der Waals surface area (Å²) in [6, 6.07) is 21.5. The number of aromatic nitrogens is 5. The molecule has 0 aliphatic carbocycles. The predicted molar refractivity (Wildman–Crippen MR) is 126 cm³/mol. The van der Waals surface area contributed by atoms with E-state index in [0.717, 1.165) is 16.7 Å². The Morgan fingerprint density at radius 1 is 0.879 bits per heavy atom. The second kappa shape index (κ2) is 8.44. The third-order valence-corrected chi connectivity index (χ3v) is 6.74. The van der Waals surface area contributed by atoms with Crippen LogP contribution in [0.15, 0.2) is 90.1 Å². The summed E-state index contributed by atoms with van der Waals surface area (Å²) in [6.07, 6.45) is 4.04. The molecule has 8 nitrogen and oxygen atoms in total. The van der Waals surface area contributed by atoms with E-state index < -0.39 is 10.0 Å².